The zero-order valence-corrected chi connectivity index (χ0v) is 17.9. The lowest BCUT2D eigenvalue weighted by Crippen LogP contribution is -2.26. The number of carbonyl (C=O) groups is 1. The molecule has 0 aromatic heterocycles. The average Bonchev–Trinajstić information content (AvgIpc) is 2.71. The molecule has 0 aliphatic rings. The molecule has 0 radical (unpaired) electrons. The van der Waals surface area contributed by atoms with Crippen molar-refractivity contribution in [2.24, 2.45) is 0 Å². The van der Waals surface area contributed by atoms with E-state index in [4.69, 9.17) is 18.9 Å². The Balaban J connectivity index is 2.17. The number of amides is 1. The number of hydrogen-bond donors (Lipinski definition) is 1. The van der Waals surface area contributed by atoms with E-state index in [0.717, 1.165) is 5.56 Å². The smallest absolute Gasteiger partial charge is 0.251 e. The largest absolute Gasteiger partial charge is 0.490 e. The second kappa shape index (κ2) is 11.2. The van der Waals surface area contributed by atoms with Crippen molar-refractivity contribution in [1.29, 1.82) is 0 Å². The Morgan fingerprint density at radius 2 is 1.24 bits per heavy atom. The summed E-state index contributed by atoms with van der Waals surface area (Å²) in [5, 5.41) is 3.02. The Hall–Kier alpha value is -2.89. The first kappa shape index (κ1) is 22.4. The minimum atomic E-state index is -0.209. The summed E-state index contributed by atoms with van der Waals surface area (Å²) in [4.78, 5) is 12.8. The predicted octanol–water partition coefficient (Wildman–Crippen LogP) is 4.77. The van der Waals surface area contributed by atoms with E-state index in [9.17, 15) is 4.79 Å². The molecule has 1 N–H and O–H groups in total. The van der Waals surface area contributed by atoms with E-state index < -0.39 is 0 Å². The molecule has 0 aliphatic heterocycles. The van der Waals surface area contributed by atoms with Crippen LogP contribution in [0.15, 0.2) is 36.4 Å². The second-order valence-corrected chi connectivity index (χ2v) is 6.29. The lowest BCUT2D eigenvalue weighted by atomic mass is 10.1. The molecule has 1 atom stereocenters. The van der Waals surface area contributed by atoms with Gasteiger partial charge in [0.25, 0.3) is 5.91 Å². The molecule has 0 unspecified atom stereocenters. The lowest BCUT2D eigenvalue weighted by molar-refractivity contribution is 0.0939. The topological polar surface area (TPSA) is 66.0 Å². The van der Waals surface area contributed by atoms with E-state index in [2.05, 4.69) is 5.32 Å². The van der Waals surface area contributed by atoms with Crippen LogP contribution in [0.5, 0.6) is 23.0 Å². The Bertz CT molecular complexity index is 806. The maximum Gasteiger partial charge on any atom is 0.251 e. The molecule has 2 rings (SSSR count). The molecule has 0 fully saturated rings. The standard InChI is InChI=1S/C23H31NO5/c1-6-26-19-12-10-17(14-21(19)28-8-3)16(5)24-23(25)18-11-13-20(27-7-2)22(15-18)29-9-4/h10-16H,6-9H2,1-5H3,(H,24,25)/t16-/m0/s1. The quantitative estimate of drug-likeness (QED) is 0.587. The molecule has 158 valence electrons. The molecule has 2 aromatic carbocycles. The molecular formula is C23H31NO5. The molecule has 0 aliphatic carbocycles. The summed E-state index contributed by atoms with van der Waals surface area (Å²) in [6, 6.07) is 10.7. The summed E-state index contributed by atoms with van der Waals surface area (Å²) in [7, 11) is 0. The van der Waals surface area contributed by atoms with Gasteiger partial charge in [0.15, 0.2) is 23.0 Å². The van der Waals surface area contributed by atoms with Crippen molar-refractivity contribution in [2.45, 2.75) is 40.7 Å². The van der Waals surface area contributed by atoms with Crippen LogP contribution in [0.2, 0.25) is 0 Å². The molecule has 0 saturated carbocycles. The van der Waals surface area contributed by atoms with E-state index in [1.807, 2.05) is 52.8 Å². The zero-order chi connectivity index (χ0) is 21.2. The van der Waals surface area contributed by atoms with Crippen LogP contribution in [0.1, 0.15) is 56.6 Å². The van der Waals surface area contributed by atoms with Gasteiger partial charge in [-0.1, -0.05) is 6.07 Å². The van der Waals surface area contributed by atoms with E-state index in [0.29, 0.717) is 55.0 Å². The van der Waals surface area contributed by atoms with Crippen LogP contribution in [-0.4, -0.2) is 32.3 Å². The second-order valence-electron chi connectivity index (χ2n) is 6.29. The van der Waals surface area contributed by atoms with Crippen LogP contribution in [0.25, 0.3) is 0 Å². The predicted molar refractivity (Wildman–Crippen MR) is 113 cm³/mol. The molecule has 0 bridgehead atoms. The highest BCUT2D eigenvalue weighted by Crippen LogP contribution is 2.31. The van der Waals surface area contributed by atoms with Gasteiger partial charge in [0.05, 0.1) is 32.5 Å². The Morgan fingerprint density at radius 1 is 0.759 bits per heavy atom. The summed E-state index contributed by atoms with van der Waals surface area (Å²) in [6.07, 6.45) is 0. The molecule has 0 spiro atoms. The number of rotatable bonds is 11. The van der Waals surface area contributed by atoms with E-state index >= 15 is 0 Å². The van der Waals surface area contributed by atoms with Gasteiger partial charge in [0.2, 0.25) is 0 Å². The van der Waals surface area contributed by atoms with Gasteiger partial charge in [-0.15, -0.1) is 0 Å². The molecule has 6 heteroatoms. The highest BCUT2D eigenvalue weighted by Gasteiger charge is 2.16. The Kier molecular flexibility index (Phi) is 8.65. The van der Waals surface area contributed by atoms with Crippen LogP contribution in [0.4, 0.5) is 0 Å². The van der Waals surface area contributed by atoms with Crippen molar-refractivity contribution < 1.29 is 23.7 Å². The van der Waals surface area contributed by atoms with Gasteiger partial charge in [0.1, 0.15) is 0 Å². The van der Waals surface area contributed by atoms with Crippen LogP contribution in [-0.2, 0) is 0 Å². The molecule has 0 heterocycles. The normalized spacial score (nSPS) is 11.5. The summed E-state index contributed by atoms with van der Waals surface area (Å²) < 4.78 is 22.5. The number of carbonyl (C=O) groups excluding carboxylic acids is 1. The number of ether oxygens (including phenoxy) is 4. The molecule has 2 aromatic rings. The Labute approximate surface area is 173 Å². The SMILES string of the molecule is CCOc1ccc(C(=O)N[C@@H](C)c2ccc(OCC)c(OCC)c2)cc1OCC. The van der Waals surface area contributed by atoms with Gasteiger partial charge in [0, 0.05) is 5.56 Å². The summed E-state index contributed by atoms with van der Waals surface area (Å²) in [6.45, 7) is 11.7. The summed E-state index contributed by atoms with van der Waals surface area (Å²) >= 11 is 0. The lowest BCUT2D eigenvalue weighted by Gasteiger charge is -2.18. The maximum atomic E-state index is 12.8. The van der Waals surface area contributed by atoms with Gasteiger partial charge in [-0.3, -0.25) is 4.79 Å². The van der Waals surface area contributed by atoms with E-state index in [-0.39, 0.29) is 11.9 Å². The van der Waals surface area contributed by atoms with Gasteiger partial charge >= 0.3 is 0 Å². The average molecular weight is 402 g/mol. The van der Waals surface area contributed by atoms with E-state index in [1.165, 1.54) is 0 Å². The minimum absolute atomic E-state index is 0.187. The van der Waals surface area contributed by atoms with Gasteiger partial charge in [-0.25, -0.2) is 0 Å². The zero-order valence-electron chi connectivity index (χ0n) is 17.9. The van der Waals surface area contributed by atoms with Gasteiger partial charge in [-0.05, 0) is 70.5 Å². The first-order valence-corrected chi connectivity index (χ1v) is 10.1. The third-order valence-corrected chi connectivity index (χ3v) is 4.22. The third kappa shape index (κ3) is 6.04. The molecule has 0 saturated heterocycles. The highest BCUT2D eigenvalue weighted by molar-refractivity contribution is 5.95. The maximum absolute atomic E-state index is 12.8. The fourth-order valence-corrected chi connectivity index (χ4v) is 2.89. The summed E-state index contributed by atoms with van der Waals surface area (Å²) in [5.41, 5.74) is 1.45. The monoisotopic (exact) mass is 401 g/mol. The fraction of sp³-hybridized carbons (Fsp3) is 0.435. The van der Waals surface area contributed by atoms with Crippen LogP contribution >= 0.6 is 0 Å². The van der Waals surface area contributed by atoms with Crippen molar-refractivity contribution in [3.05, 3.63) is 47.5 Å². The Morgan fingerprint density at radius 3 is 1.79 bits per heavy atom. The van der Waals surface area contributed by atoms with Crippen molar-refractivity contribution in [3.63, 3.8) is 0 Å². The third-order valence-electron chi connectivity index (χ3n) is 4.22. The van der Waals surface area contributed by atoms with Gasteiger partial charge in [-0.2, -0.15) is 0 Å². The highest BCUT2D eigenvalue weighted by atomic mass is 16.5. The molecule has 6 nitrogen and oxygen atoms in total. The fourth-order valence-electron chi connectivity index (χ4n) is 2.89. The van der Waals surface area contributed by atoms with Crippen molar-refractivity contribution in [1.82, 2.24) is 5.32 Å². The first-order chi connectivity index (χ1) is 14.0. The van der Waals surface area contributed by atoms with Crippen LogP contribution in [0, 0.1) is 0 Å². The minimum Gasteiger partial charge on any atom is -0.490 e. The molecule has 29 heavy (non-hydrogen) atoms. The van der Waals surface area contributed by atoms with Crippen LogP contribution in [0.3, 0.4) is 0 Å². The van der Waals surface area contributed by atoms with E-state index in [1.54, 1.807) is 18.2 Å². The number of benzene rings is 2. The van der Waals surface area contributed by atoms with Crippen molar-refractivity contribution >= 4 is 5.91 Å². The summed E-state index contributed by atoms with van der Waals surface area (Å²) in [5.74, 6) is 2.38. The van der Waals surface area contributed by atoms with Gasteiger partial charge < -0.3 is 24.3 Å². The van der Waals surface area contributed by atoms with Crippen molar-refractivity contribution in [2.75, 3.05) is 26.4 Å². The van der Waals surface area contributed by atoms with Crippen LogP contribution < -0.4 is 24.3 Å². The van der Waals surface area contributed by atoms with Crippen molar-refractivity contribution in [3.8, 4) is 23.0 Å². The molecule has 1 amide bonds. The first-order valence-electron chi connectivity index (χ1n) is 10.1. The number of nitrogens with one attached hydrogen (secondary N) is 1. The number of hydrogen-bond acceptors (Lipinski definition) is 5. The molecular weight excluding hydrogens is 370 g/mol.